The molecule has 1 aromatic carbocycles. The lowest BCUT2D eigenvalue weighted by Gasteiger charge is -2.16. The molecule has 0 spiro atoms. The minimum absolute atomic E-state index is 0.233. The van der Waals surface area contributed by atoms with E-state index < -0.39 is 26.5 Å². The summed E-state index contributed by atoms with van der Waals surface area (Å²) in [5, 5.41) is 10.5. The standard InChI is InChI=1S/C12H17FN2O4S/c1-3-5-9(4-2)14-20(18,19)10-6-7-12(15(16)17)11(13)8-10/h6-9,14H,3-5H2,1-2H3. The van der Waals surface area contributed by atoms with E-state index in [1.54, 1.807) is 0 Å². The third-order valence-electron chi connectivity index (χ3n) is 2.88. The van der Waals surface area contributed by atoms with Crippen molar-refractivity contribution in [3.05, 3.63) is 34.1 Å². The minimum Gasteiger partial charge on any atom is -0.258 e. The number of hydrogen-bond donors (Lipinski definition) is 1. The summed E-state index contributed by atoms with van der Waals surface area (Å²) in [5.41, 5.74) is -0.746. The van der Waals surface area contributed by atoms with Crippen LogP contribution in [-0.4, -0.2) is 19.4 Å². The molecule has 1 unspecified atom stereocenters. The van der Waals surface area contributed by atoms with Gasteiger partial charge in [0, 0.05) is 18.2 Å². The zero-order valence-electron chi connectivity index (χ0n) is 11.3. The number of nitrogens with zero attached hydrogens (tertiary/aromatic N) is 1. The number of nitro benzene ring substituents is 1. The van der Waals surface area contributed by atoms with Crippen LogP contribution in [0.5, 0.6) is 0 Å². The van der Waals surface area contributed by atoms with Crippen LogP contribution in [0, 0.1) is 15.9 Å². The van der Waals surface area contributed by atoms with E-state index in [0.717, 1.165) is 18.6 Å². The quantitative estimate of drug-likeness (QED) is 0.619. The highest BCUT2D eigenvalue weighted by molar-refractivity contribution is 7.89. The van der Waals surface area contributed by atoms with Gasteiger partial charge in [-0.3, -0.25) is 10.1 Å². The van der Waals surface area contributed by atoms with Gasteiger partial charge >= 0.3 is 5.69 Å². The lowest BCUT2D eigenvalue weighted by atomic mass is 10.1. The molecule has 0 aromatic heterocycles. The number of benzene rings is 1. The highest BCUT2D eigenvalue weighted by Gasteiger charge is 2.22. The van der Waals surface area contributed by atoms with Gasteiger partial charge in [-0.05, 0) is 18.9 Å². The van der Waals surface area contributed by atoms with Gasteiger partial charge in [-0.15, -0.1) is 0 Å². The van der Waals surface area contributed by atoms with E-state index in [9.17, 15) is 22.9 Å². The molecule has 0 bridgehead atoms. The summed E-state index contributed by atoms with van der Waals surface area (Å²) in [7, 11) is -3.87. The highest BCUT2D eigenvalue weighted by Crippen LogP contribution is 2.21. The predicted octanol–water partition coefficient (Wildman–Crippen LogP) is 2.59. The van der Waals surface area contributed by atoms with Crippen molar-refractivity contribution in [3.8, 4) is 0 Å². The first-order chi connectivity index (χ1) is 9.31. The Morgan fingerprint density at radius 2 is 2.05 bits per heavy atom. The number of rotatable bonds is 7. The van der Waals surface area contributed by atoms with Crippen LogP contribution in [0.3, 0.4) is 0 Å². The smallest absolute Gasteiger partial charge is 0.258 e. The van der Waals surface area contributed by atoms with Crippen LogP contribution in [0.25, 0.3) is 0 Å². The number of nitro groups is 1. The summed E-state index contributed by atoms with van der Waals surface area (Å²) in [6.45, 7) is 3.78. The van der Waals surface area contributed by atoms with Crippen molar-refractivity contribution in [1.82, 2.24) is 4.72 Å². The number of sulfonamides is 1. The third-order valence-corrected chi connectivity index (χ3v) is 4.40. The Labute approximate surface area is 117 Å². The molecule has 112 valence electrons. The van der Waals surface area contributed by atoms with E-state index in [2.05, 4.69) is 4.72 Å². The zero-order valence-corrected chi connectivity index (χ0v) is 12.1. The number of halogens is 1. The first-order valence-electron chi connectivity index (χ1n) is 6.28. The summed E-state index contributed by atoms with van der Waals surface area (Å²) < 4.78 is 40.1. The minimum atomic E-state index is -3.87. The molecule has 0 fully saturated rings. The maximum atomic E-state index is 13.5. The lowest BCUT2D eigenvalue weighted by molar-refractivity contribution is -0.387. The molecular formula is C12H17FN2O4S. The largest absolute Gasteiger partial charge is 0.304 e. The monoisotopic (exact) mass is 304 g/mol. The summed E-state index contributed by atoms with van der Waals surface area (Å²) in [4.78, 5) is 9.28. The fourth-order valence-electron chi connectivity index (χ4n) is 1.79. The van der Waals surface area contributed by atoms with E-state index in [1.165, 1.54) is 0 Å². The van der Waals surface area contributed by atoms with Crippen LogP contribution < -0.4 is 4.72 Å². The average molecular weight is 304 g/mol. The summed E-state index contributed by atoms with van der Waals surface area (Å²) in [6, 6.07) is 2.31. The van der Waals surface area contributed by atoms with Crippen LogP contribution in [0.15, 0.2) is 23.1 Å². The molecule has 1 aromatic rings. The Morgan fingerprint density at radius 3 is 2.50 bits per heavy atom. The van der Waals surface area contributed by atoms with Crippen molar-refractivity contribution in [2.24, 2.45) is 0 Å². The van der Waals surface area contributed by atoms with Crippen LogP contribution in [0.4, 0.5) is 10.1 Å². The molecule has 1 N–H and O–H groups in total. The van der Waals surface area contributed by atoms with Crippen molar-refractivity contribution in [3.63, 3.8) is 0 Å². The van der Waals surface area contributed by atoms with Crippen molar-refractivity contribution in [2.75, 3.05) is 0 Å². The summed E-state index contributed by atoms with van der Waals surface area (Å²) >= 11 is 0. The van der Waals surface area contributed by atoms with Gasteiger partial charge in [0.15, 0.2) is 0 Å². The van der Waals surface area contributed by atoms with Crippen LogP contribution in [-0.2, 0) is 10.0 Å². The molecule has 1 atom stereocenters. The predicted molar refractivity (Wildman–Crippen MR) is 72.4 cm³/mol. The van der Waals surface area contributed by atoms with Crippen LogP contribution in [0.2, 0.25) is 0 Å². The maximum Gasteiger partial charge on any atom is 0.304 e. The Bertz CT molecular complexity index is 589. The molecule has 1 rings (SSSR count). The first-order valence-corrected chi connectivity index (χ1v) is 7.76. The van der Waals surface area contributed by atoms with E-state index in [1.807, 2.05) is 13.8 Å². The Balaban J connectivity index is 3.04. The number of hydrogen-bond acceptors (Lipinski definition) is 4. The average Bonchev–Trinajstić information content (AvgIpc) is 2.37. The molecular weight excluding hydrogens is 287 g/mol. The molecule has 0 radical (unpaired) electrons. The zero-order chi connectivity index (χ0) is 15.3. The molecule has 6 nitrogen and oxygen atoms in total. The van der Waals surface area contributed by atoms with Gasteiger partial charge in [0.1, 0.15) is 0 Å². The Morgan fingerprint density at radius 1 is 1.40 bits per heavy atom. The van der Waals surface area contributed by atoms with Gasteiger partial charge in [0.25, 0.3) is 0 Å². The van der Waals surface area contributed by atoms with Crippen molar-refractivity contribution in [2.45, 2.75) is 44.0 Å². The molecule has 0 aliphatic heterocycles. The van der Waals surface area contributed by atoms with Crippen molar-refractivity contribution < 1.29 is 17.7 Å². The molecule has 0 amide bonds. The fraction of sp³-hybridized carbons (Fsp3) is 0.500. The van der Waals surface area contributed by atoms with E-state index >= 15 is 0 Å². The normalized spacial score (nSPS) is 13.2. The molecule has 0 saturated carbocycles. The van der Waals surface area contributed by atoms with Gasteiger partial charge < -0.3 is 0 Å². The molecule has 0 aliphatic carbocycles. The van der Waals surface area contributed by atoms with E-state index in [4.69, 9.17) is 0 Å². The summed E-state index contributed by atoms with van der Waals surface area (Å²) in [5.74, 6) is -1.17. The van der Waals surface area contributed by atoms with Crippen molar-refractivity contribution >= 4 is 15.7 Å². The van der Waals surface area contributed by atoms with Gasteiger partial charge in [0.05, 0.1) is 9.82 Å². The van der Waals surface area contributed by atoms with Gasteiger partial charge in [-0.25, -0.2) is 13.1 Å². The SMILES string of the molecule is CCCC(CC)NS(=O)(=O)c1ccc([N+](=O)[O-])c(F)c1. The van der Waals surface area contributed by atoms with Gasteiger partial charge in [-0.2, -0.15) is 4.39 Å². The first kappa shape index (κ1) is 16.5. The van der Waals surface area contributed by atoms with Crippen molar-refractivity contribution in [1.29, 1.82) is 0 Å². The molecule has 0 heterocycles. The highest BCUT2D eigenvalue weighted by atomic mass is 32.2. The molecule has 0 saturated heterocycles. The van der Waals surface area contributed by atoms with Crippen LogP contribution in [0.1, 0.15) is 33.1 Å². The Hall–Kier alpha value is -1.54. The molecule has 20 heavy (non-hydrogen) atoms. The second-order valence-corrected chi connectivity index (χ2v) is 6.10. The summed E-state index contributed by atoms with van der Waals surface area (Å²) in [6.07, 6.45) is 2.10. The number of nitrogens with one attached hydrogen (secondary N) is 1. The lowest BCUT2D eigenvalue weighted by Crippen LogP contribution is -2.34. The second kappa shape index (κ2) is 6.76. The fourth-order valence-corrected chi connectivity index (χ4v) is 3.15. The van der Waals surface area contributed by atoms with Crippen LogP contribution >= 0.6 is 0 Å². The maximum absolute atomic E-state index is 13.5. The van der Waals surface area contributed by atoms with E-state index in [-0.39, 0.29) is 10.9 Å². The van der Waals surface area contributed by atoms with Gasteiger partial charge in [-0.1, -0.05) is 20.3 Å². The Kier molecular flexibility index (Phi) is 5.58. The molecule has 0 aliphatic rings. The van der Waals surface area contributed by atoms with Gasteiger partial charge in [0.2, 0.25) is 15.8 Å². The van der Waals surface area contributed by atoms with E-state index in [0.29, 0.717) is 18.9 Å². The molecule has 8 heteroatoms. The third kappa shape index (κ3) is 3.97. The second-order valence-electron chi connectivity index (χ2n) is 4.39. The topological polar surface area (TPSA) is 89.3 Å².